The van der Waals surface area contributed by atoms with Crippen molar-refractivity contribution < 1.29 is 0 Å². The van der Waals surface area contributed by atoms with Crippen molar-refractivity contribution in [3.05, 3.63) is 44.8 Å². The van der Waals surface area contributed by atoms with Crippen LogP contribution in [0, 0.1) is 6.92 Å². The number of hydrogen-bond donors (Lipinski definition) is 2. The zero-order valence-electron chi connectivity index (χ0n) is 11.9. The lowest BCUT2D eigenvalue weighted by molar-refractivity contribution is 0.547. The summed E-state index contributed by atoms with van der Waals surface area (Å²) in [6, 6.07) is 5.52. The zero-order chi connectivity index (χ0) is 14.9. The van der Waals surface area contributed by atoms with Crippen molar-refractivity contribution in [2.75, 3.05) is 5.32 Å². The summed E-state index contributed by atoms with van der Waals surface area (Å²) in [5, 5.41) is 11.6. The topological polar surface area (TPSA) is 70.7 Å². The molecule has 0 aliphatic heterocycles. The first-order valence-electron chi connectivity index (χ1n) is 6.28. The number of aromatic nitrogens is 3. The van der Waals surface area contributed by atoms with E-state index in [9.17, 15) is 4.79 Å². The molecule has 1 heterocycles. The third-order valence-electron chi connectivity index (χ3n) is 2.84. The van der Waals surface area contributed by atoms with Gasteiger partial charge in [-0.1, -0.05) is 38.4 Å². The van der Waals surface area contributed by atoms with Crippen LogP contribution in [0.4, 0.5) is 11.6 Å². The second-order valence-electron chi connectivity index (χ2n) is 5.69. The zero-order valence-corrected chi connectivity index (χ0v) is 12.7. The largest absolute Gasteiger partial charge is 0.324 e. The maximum Gasteiger partial charge on any atom is 0.274 e. The Kier molecular flexibility index (Phi) is 3.81. The molecule has 0 spiro atoms. The van der Waals surface area contributed by atoms with E-state index in [1.165, 1.54) is 0 Å². The van der Waals surface area contributed by atoms with E-state index in [1.807, 2.05) is 39.8 Å². The highest BCUT2D eigenvalue weighted by molar-refractivity contribution is 6.31. The molecule has 5 nitrogen and oxygen atoms in total. The molecule has 0 radical (unpaired) electrons. The molecule has 0 atom stereocenters. The Morgan fingerprint density at radius 2 is 1.95 bits per heavy atom. The van der Waals surface area contributed by atoms with Gasteiger partial charge in [0.25, 0.3) is 5.56 Å². The summed E-state index contributed by atoms with van der Waals surface area (Å²) < 4.78 is 0. The Morgan fingerprint density at radius 3 is 2.50 bits per heavy atom. The molecule has 0 fully saturated rings. The molecular weight excluding hydrogens is 276 g/mol. The summed E-state index contributed by atoms with van der Waals surface area (Å²) in [5.41, 5.74) is 1.55. The van der Waals surface area contributed by atoms with Gasteiger partial charge in [0.1, 0.15) is 5.69 Å². The minimum atomic E-state index is -0.341. The third kappa shape index (κ3) is 3.17. The van der Waals surface area contributed by atoms with Crippen molar-refractivity contribution in [1.29, 1.82) is 0 Å². The van der Waals surface area contributed by atoms with Gasteiger partial charge in [-0.2, -0.15) is 0 Å². The highest BCUT2D eigenvalue weighted by atomic mass is 35.5. The summed E-state index contributed by atoms with van der Waals surface area (Å²) in [5.74, 6) is 0.294. The highest BCUT2D eigenvalue weighted by Crippen LogP contribution is 2.21. The average Bonchev–Trinajstić information content (AvgIpc) is 2.32. The van der Waals surface area contributed by atoms with Crippen LogP contribution in [-0.4, -0.2) is 15.2 Å². The maximum absolute atomic E-state index is 12.0. The van der Waals surface area contributed by atoms with Crippen LogP contribution < -0.4 is 10.9 Å². The summed E-state index contributed by atoms with van der Waals surface area (Å²) >= 11 is 6.05. The lowest BCUT2D eigenvalue weighted by Gasteiger charge is -2.15. The van der Waals surface area contributed by atoms with Gasteiger partial charge in [0.05, 0.1) is 0 Å². The fourth-order valence-corrected chi connectivity index (χ4v) is 1.87. The van der Waals surface area contributed by atoms with Crippen molar-refractivity contribution in [1.82, 2.24) is 15.2 Å². The monoisotopic (exact) mass is 292 g/mol. The minimum absolute atomic E-state index is 0.242. The SMILES string of the molecule is Cc1ccc(Nc2nnc(C(C)(C)C)c(=O)[nH]2)cc1Cl. The predicted octanol–water partition coefficient (Wildman–Crippen LogP) is 3.17. The standard InChI is InChI=1S/C14H17ClN4O/c1-8-5-6-9(7-10(8)15)16-13-17-12(20)11(18-19-13)14(2,3)4/h5-7H,1-4H3,(H2,16,17,19,20). The van der Waals surface area contributed by atoms with Gasteiger partial charge >= 0.3 is 0 Å². The molecule has 0 saturated carbocycles. The number of hydrogen-bond acceptors (Lipinski definition) is 4. The van der Waals surface area contributed by atoms with Crippen LogP contribution in [0.15, 0.2) is 23.0 Å². The van der Waals surface area contributed by atoms with Crippen molar-refractivity contribution in [3.63, 3.8) is 0 Å². The van der Waals surface area contributed by atoms with E-state index in [0.717, 1.165) is 11.3 Å². The lowest BCUT2D eigenvalue weighted by atomic mass is 9.93. The smallest absolute Gasteiger partial charge is 0.274 e. The normalized spacial score (nSPS) is 11.4. The number of nitrogens with one attached hydrogen (secondary N) is 2. The van der Waals surface area contributed by atoms with Crippen LogP contribution in [0.25, 0.3) is 0 Å². The van der Waals surface area contributed by atoms with E-state index in [-0.39, 0.29) is 11.0 Å². The molecule has 1 aromatic carbocycles. The van der Waals surface area contributed by atoms with Crippen LogP contribution >= 0.6 is 11.6 Å². The summed E-state index contributed by atoms with van der Waals surface area (Å²) in [4.78, 5) is 14.7. The highest BCUT2D eigenvalue weighted by Gasteiger charge is 2.20. The molecule has 20 heavy (non-hydrogen) atoms. The number of anilines is 2. The quantitative estimate of drug-likeness (QED) is 0.892. The number of benzene rings is 1. The molecule has 0 aliphatic rings. The van der Waals surface area contributed by atoms with Crippen molar-refractivity contribution in [3.8, 4) is 0 Å². The fraction of sp³-hybridized carbons (Fsp3) is 0.357. The summed E-state index contributed by atoms with van der Waals surface area (Å²) in [6.45, 7) is 7.67. The molecule has 0 unspecified atom stereocenters. The number of aromatic amines is 1. The Bertz CT molecular complexity index is 688. The van der Waals surface area contributed by atoms with Gasteiger partial charge in [-0.25, -0.2) is 0 Å². The van der Waals surface area contributed by atoms with E-state index >= 15 is 0 Å². The van der Waals surface area contributed by atoms with Gasteiger partial charge in [-0.05, 0) is 24.6 Å². The molecule has 0 amide bonds. The number of H-pyrrole nitrogens is 1. The van der Waals surface area contributed by atoms with Crippen molar-refractivity contribution in [2.24, 2.45) is 0 Å². The van der Waals surface area contributed by atoms with Crippen molar-refractivity contribution >= 4 is 23.2 Å². The van der Waals surface area contributed by atoms with E-state index in [0.29, 0.717) is 16.7 Å². The van der Waals surface area contributed by atoms with E-state index in [1.54, 1.807) is 6.07 Å². The first kappa shape index (κ1) is 14.5. The van der Waals surface area contributed by atoms with Gasteiger partial charge in [0, 0.05) is 16.1 Å². The molecule has 1 aromatic heterocycles. The van der Waals surface area contributed by atoms with Gasteiger partial charge < -0.3 is 5.32 Å². The Hall–Kier alpha value is -1.88. The number of aryl methyl sites for hydroxylation is 1. The molecule has 6 heteroatoms. The van der Waals surface area contributed by atoms with Crippen molar-refractivity contribution in [2.45, 2.75) is 33.1 Å². The van der Waals surface area contributed by atoms with Crippen LogP contribution in [0.2, 0.25) is 5.02 Å². The maximum atomic E-state index is 12.0. The summed E-state index contributed by atoms with van der Waals surface area (Å²) in [7, 11) is 0. The predicted molar refractivity (Wildman–Crippen MR) is 80.8 cm³/mol. The summed E-state index contributed by atoms with van der Waals surface area (Å²) in [6.07, 6.45) is 0. The van der Waals surface area contributed by atoms with Gasteiger partial charge in [0.15, 0.2) is 0 Å². The number of nitrogens with zero attached hydrogens (tertiary/aromatic N) is 2. The first-order valence-corrected chi connectivity index (χ1v) is 6.66. The molecule has 2 aromatic rings. The van der Waals surface area contributed by atoms with E-state index in [2.05, 4.69) is 20.5 Å². The van der Waals surface area contributed by atoms with Gasteiger partial charge in [-0.3, -0.25) is 9.78 Å². The average molecular weight is 293 g/mol. The van der Waals surface area contributed by atoms with Crippen LogP contribution in [0.3, 0.4) is 0 Å². The molecule has 2 N–H and O–H groups in total. The van der Waals surface area contributed by atoms with Gasteiger partial charge in [-0.15, -0.1) is 10.2 Å². The molecular formula is C14H17ClN4O. The first-order chi connectivity index (χ1) is 9.27. The van der Waals surface area contributed by atoms with Gasteiger partial charge in [0.2, 0.25) is 5.95 Å². The Morgan fingerprint density at radius 1 is 1.25 bits per heavy atom. The van der Waals surface area contributed by atoms with Crippen LogP contribution in [0.5, 0.6) is 0 Å². The fourth-order valence-electron chi connectivity index (χ4n) is 1.69. The Labute approximate surface area is 122 Å². The van der Waals surface area contributed by atoms with E-state index in [4.69, 9.17) is 11.6 Å². The second-order valence-corrected chi connectivity index (χ2v) is 6.10. The molecule has 0 aliphatic carbocycles. The molecule has 2 rings (SSSR count). The number of halogens is 1. The number of rotatable bonds is 2. The van der Waals surface area contributed by atoms with Crippen LogP contribution in [0.1, 0.15) is 32.0 Å². The minimum Gasteiger partial charge on any atom is -0.324 e. The third-order valence-corrected chi connectivity index (χ3v) is 3.25. The Balaban J connectivity index is 2.29. The molecule has 106 valence electrons. The van der Waals surface area contributed by atoms with E-state index < -0.39 is 0 Å². The molecule has 0 saturated heterocycles. The van der Waals surface area contributed by atoms with Crippen LogP contribution in [-0.2, 0) is 5.41 Å². The molecule has 0 bridgehead atoms. The second kappa shape index (κ2) is 5.25. The lowest BCUT2D eigenvalue weighted by Crippen LogP contribution is -2.28.